The average molecular weight is 512 g/mol. The van der Waals surface area contributed by atoms with Crippen molar-refractivity contribution in [1.82, 2.24) is 14.5 Å². The number of anilines is 1. The second-order valence-corrected chi connectivity index (χ2v) is 8.03. The van der Waals surface area contributed by atoms with Gasteiger partial charge in [0.2, 0.25) is 0 Å². The van der Waals surface area contributed by atoms with E-state index in [-0.39, 0.29) is 23.6 Å². The molecule has 0 spiro atoms. The SMILES string of the molecule is N#Cc1cc(CNc2ccn(Cc3cccnc3)c(=O)n2)ccc1Oc1ccc(Cl)c(C(F)(F)F)c1. The molecule has 0 saturated carbocycles. The molecule has 4 aromatic rings. The number of nitriles is 1. The number of rotatable bonds is 7. The lowest BCUT2D eigenvalue weighted by Crippen LogP contribution is -2.23. The Kier molecular flexibility index (Phi) is 7.22. The van der Waals surface area contributed by atoms with Crippen molar-refractivity contribution in [2.75, 3.05) is 5.32 Å². The first kappa shape index (κ1) is 24.8. The molecule has 0 unspecified atom stereocenters. The van der Waals surface area contributed by atoms with Gasteiger partial charge in [-0.25, -0.2) is 4.79 Å². The summed E-state index contributed by atoms with van der Waals surface area (Å²) >= 11 is 5.64. The summed E-state index contributed by atoms with van der Waals surface area (Å²) in [5.41, 5.74) is 0.189. The number of hydrogen-bond donors (Lipinski definition) is 1. The fourth-order valence-corrected chi connectivity index (χ4v) is 3.53. The van der Waals surface area contributed by atoms with E-state index in [1.807, 2.05) is 12.1 Å². The van der Waals surface area contributed by atoms with Crippen LogP contribution in [0.3, 0.4) is 0 Å². The van der Waals surface area contributed by atoms with Gasteiger partial charge in [0.15, 0.2) is 0 Å². The standard InChI is InChI=1S/C25H17ClF3N5O2/c26-21-5-4-19(11-20(21)25(27,28)29)36-22-6-3-16(10-18(22)12-30)14-32-23-7-9-34(24(35)33-23)15-17-2-1-8-31-13-17/h1-11,13H,14-15H2,(H,32,33,35). The fraction of sp³-hybridized carbons (Fsp3) is 0.120. The number of halogens is 4. The van der Waals surface area contributed by atoms with Crippen LogP contribution in [-0.4, -0.2) is 14.5 Å². The van der Waals surface area contributed by atoms with Gasteiger partial charge in [-0.3, -0.25) is 9.55 Å². The number of ether oxygens (including phenoxy) is 1. The summed E-state index contributed by atoms with van der Waals surface area (Å²) in [6.07, 6.45) is 0.289. The molecule has 2 aromatic carbocycles. The largest absolute Gasteiger partial charge is 0.456 e. The van der Waals surface area contributed by atoms with Crippen LogP contribution in [0.25, 0.3) is 0 Å². The Morgan fingerprint density at radius 3 is 2.64 bits per heavy atom. The maximum absolute atomic E-state index is 13.1. The Morgan fingerprint density at radius 2 is 1.94 bits per heavy atom. The first-order chi connectivity index (χ1) is 17.2. The van der Waals surface area contributed by atoms with Crippen molar-refractivity contribution >= 4 is 17.4 Å². The monoisotopic (exact) mass is 511 g/mol. The molecule has 7 nitrogen and oxygen atoms in total. The number of nitrogens with zero attached hydrogens (tertiary/aromatic N) is 4. The van der Waals surface area contributed by atoms with Crippen molar-refractivity contribution in [3.63, 3.8) is 0 Å². The van der Waals surface area contributed by atoms with E-state index in [1.165, 1.54) is 22.8 Å². The highest BCUT2D eigenvalue weighted by Gasteiger charge is 2.33. The van der Waals surface area contributed by atoms with Crippen LogP contribution in [0, 0.1) is 11.3 Å². The lowest BCUT2D eigenvalue weighted by Gasteiger charge is -2.13. The van der Waals surface area contributed by atoms with Gasteiger partial charge in [-0.15, -0.1) is 0 Å². The number of alkyl halides is 3. The fourth-order valence-electron chi connectivity index (χ4n) is 3.30. The summed E-state index contributed by atoms with van der Waals surface area (Å²) in [6, 6.07) is 15.1. The Labute approximate surface area is 208 Å². The molecule has 0 aliphatic heterocycles. The molecule has 1 N–H and O–H groups in total. The number of hydrogen-bond acceptors (Lipinski definition) is 6. The zero-order chi connectivity index (χ0) is 25.7. The van der Waals surface area contributed by atoms with Gasteiger partial charge in [0.25, 0.3) is 0 Å². The second-order valence-electron chi connectivity index (χ2n) is 7.62. The quantitative estimate of drug-likeness (QED) is 0.345. The average Bonchev–Trinajstić information content (AvgIpc) is 2.86. The second kappa shape index (κ2) is 10.5. The van der Waals surface area contributed by atoms with Crippen molar-refractivity contribution in [2.45, 2.75) is 19.3 Å². The van der Waals surface area contributed by atoms with Crippen molar-refractivity contribution in [3.05, 3.63) is 111 Å². The minimum atomic E-state index is -4.64. The third-order valence-corrected chi connectivity index (χ3v) is 5.39. The molecule has 0 saturated heterocycles. The van der Waals surface area contributed by atoms with E-state index < -0.39 is 22.5 Å². The predicted molar refractivity (Wildman–Crippen MR) is 127 cm³/mol. The third-order valence-electron chi connectivity index (χ3n) is 5.06. The van der Waals surface area contributed by atoms with E-state index in [0.717, 1.165) is 17.7 Å². The van der Waals surface area contributed by atoms with Crippen LogP contribution in [0.4, 0.5) is 19.0 Å². The summed E-state index contributed by atoms with van der Waals surface area (Å²) in [7, 11) is 0. The van der Waals surface area contributed by atoms with Gasteiger partial charge in [0.05, 0.1) is 22.7 Å². The lowest BCUT2D eigenvalue weighted by molar-refractivity contribution is -0.137. The highest BCUT2D eigenvalue weighted by Crippen LogP contribution is 2.38. The number of aromatic nitrogens is 3. The molecule has 2 aromatic heterocycles. The first-order valence-electron chi connectivity index (χ1n) is 10.5. The Hall–Kier alpha value is -4.36. The summed E-state index contributed by atoms with van der Waals surface area (Å²) in [5.74, 6) is 0.333. The Bertz CT molecular complexity index is 1480. The van der Waals surface area contributed by atoms with E-state index in [0.29, 0.717) is 17.9 Å². The van der Waals surface area contributed by atoms with Gasteiger partial charge in [-0.05, 0) is 53.6 Å². The molecule has 36 heavy (non-hydrogen) atoms. The number of nitrogens with one attached hydrogen (secondary N) is 1. The van der Waals surface area contributed by atoms with Crippen LogP contribution in [0.15, 0.2) is 78.0 Å². The maximum atomic E-state index is 13.1. The van der Waals surface area contributed by atoms with Crippen LogP contribution < -0.4 is 15.7 Å². The minimum absolute atomic E-state index is 0.0906. The number of pyridine rings is 1. The molecule has 0 aliphatic rings. The van der Waals surface area contributed by atoms with Gasteiger partial charge in [0, 0.05) is 25.1 Å². The van der Waals surface area contributed by atoms with Crippen molar-refractivity contribution < 1.29 is 17.9 Å². The van der Waals surface area contributed by atoms with Gasteiger partial charge >= 0.3 is 11.9 Å². The molecule has 0 fully saturated rings. The molecule has 2 heterocycles. The van der Waals surface area contributed by atoms with Gasteiger partial charge in [-0.2, -0.15) is 23.4 Å². The molecule has 0 bridgehead atoms. The molecular formula is C25H17ClF3N5O2. The first-order valence-corrected chi connectivity index (χ1v) is 10.9. The highest BCUT2D eigenvalue weighted by atomic mass is 35.5. The van der Waals surface area contributed by atoms with Crippen LogP contribution in [-0.2, 0) is 19.3 Å². The molecule has 182 valence electrons. The van der Waals surface area contributed by atoms with Crippen LogP contribution in [0.1, 0.15) is 22.3 Å². The van der Waals surface area contributed by atoms with E-state index in [9.17, 15) is 23.2 Å². The summed E-state index contributed by atoms with van der Waals surface area (Å²) in [6.45, 7) is 0.582. The van der Waals surface area contributed by atoms with Crippen LogP contribution >= 0.6 is 11.6 Å². The van der Waals surface area contributed by atoms with Gasteiger partial charge < -0.3 is 10.1 Å². The number of benzene rings is 2. The van der Waals surface area contributed by atoms with Gasteiger partial charge in [-0.1, -0.05) is 23.7 Å². The third kappa shape index (κ3) is 6.00. The zero-order valence-corrected chi connectivity index (χ0v) is 19.2. The molecular weight excluding hydrogens is 495 g/mol. The van der Waals surface area contributed by atoms with Crippen LogP contribution in [0.2, 0.25) is 5.02 Å². The Morgan fingerprint density at radius 1 is 1.11 bits per heavy atom. The molecule has 0 amide bonds. The molecule has 11 heteroatoms. The van der Waals surface area contributed by atoms with Crippen LogP contribution in [0.5, 0.6) is 11.5 Å². The van der Waals surface area contributed by atoms with Crippen molar-refractivity contribution in [3.8, 4) is 17.6 Å². The normalized spacial score (nSPS) is 11.1. The molecule has 0 radical (unpaired) electrons. The summed E-state index contributed by atoms with van der Waals surface area (Å²) in [4.78, 5) is 20.4. The predicted octanol–water partition coefficient (Wildman–Crippen LogP) is 5.63. The smallest absolute Gasteiger partial charge is 0.417 e. The summed E-state index contributed by atoms with van der Waals surface area (Å²) < 4.78 is 46.3. The Balaban J connectivity index is 1.45. The van der Waals surface area contributed by atoms with Crippen molar-refractivity contribution in [2.24, 2.45) is 0 Å². The van der Waals surface area contributed by atoms with E-state index in [1.54, 1.807) is 36.8 Å². The van der Waals surface area contributed by atoms with E-state index >= 15 is 0 Å². The van der Waals surface area contributed by atoms with Gasteiger partial charge in [0.1, 0.15) is 23.4 Å². The van der Waals surface area contributed by atoms with E-state index in [2.05, 4.69) is 15.3 Å². The summed E-state index contributed by atoms with van der Waals surface area (Å²) in [5, 5.41) is 12.1. The molecule has 4 rings (SSSR count). The lowest BCUT2D eigenvalue weighted by atomic mass is 10.1. The zero-order valence-electron chi connectivity index (χ0n) is 18.5. The highest BCUT2D eigenvalue weighted by molar-refractivity contribution is 6.31. The van der Waals surface area contributed by atoms with Crippen molar-refractivity contribution in [1.29, 1.82) is 5.26 Å². The topological polar surface area (TPSA) is 92.8 Å². The maximum Gasteiger partial charge on any atom is 0.417 e. The molecule has 0 aliphatic carbocycles. The minimum Gasteiger partial charge on any atom is -0.456 e. The molecule has 0 atom stereocenters. The van der Waals surface area contributed by atoms with E-state index in [4.69, 9.17) is 16.3 Å².